The van der Waals surface area contributed by atoms with Crippen molar-refractivity contribution in [2.45, 2.75) is 18.8 Å². The monoisotopic (exact) mass is 338 g/mol. The molecule has 5 nitrogen and oxygen atoms in total. The van der Waals surface area contributed by atoms with Crippen LogP contribution in [0.5, 0.6) is 0 Å². The minimum atomic E-state index is -0.615. The number of amides is 1. The van der Waals surface area contributed by atoms with Crippen LogP contribution in [0.25, 0.3) is 16.6 Å². The van der Waals surface area contributed by atoms with Crippen LogP contribution < -0.4 is 11.1 Å². The molecule has 1 fully saturated rings. The Balaban J connectivity index is 1.73. The van der Waals surface area contributed by atoms with Crippen LogP contribution in [0, 0.1) is 5.95 Å². The van der Waals surface area contributed by atoms with Gasteiger partial charge in [-0.1, -0.05) is 18.2 Å². The van der Waals surface area contributed by atoms with Crippen molar-refractivity contribution in [3.05, 3.63) is 59.5 Å². The third kappa shape index (κ3) is 2.78. The van der Waals surface area contributed by atoms with E-state index >= 15 is 0 Å². The van der Waals surface area contributed by atoms with Gasteiger partial charge in [-0.05, 0) is 55.1 Å². The SMILES string of the molecule is NC(=O)c1cccc2c(F)n(-c3ccc(C4CCCNC4)cc3)nc12. The van der Waals surface area contributed by atoms with E-state index in [0.29, 0.717) is 11.6 Å². The Kier molecular flexibility index (Phi) is 3.97. The molecular formula is C19H19FN4O. The highest BCUT2D eigenvalue weighted by molar-refractivity contribution is 6.04. The van der Waals surface area contributed by atoms with Crippen LogP contribution in [0.2, 0.25) is 0 Å². The highest BCUT2D eigenvalue weighted by Crippen LogP contribution is 2.26. The van der Waals surface area contributed by atoms with E-state index in [1.54, 1.807) is 18.2 Å². The summed E-state index contributed by atoms with van der Waals surface area (Å²) >= 11 is 0. The van der Waals surface area contributed by atoms with E-state index in [0.717, 1.165) is 19.5 Å². The zero-order valence-corrected chi connectivity index (χ0v) is 13.7. The van der Waals surface area contributed by atoms with Crippen molar-refractivity contribution < 1.29 is 9.18 Å². The molecule has 3 aromatic rings. The molecular weight excluding hydrogens is 319 g/mol. The Labute approximate surface area is 144 Å². The fourth-order valence-corrected chi connectivity index (χ4v) is 3.47. The van der Waals surface area contributed by atoms with E-state index in [4.69, 9.17) is 5.73 Å². The lowest BCUT2D eigenvalue weighted by Gasteiger charge is -2.23. The Hall–Kier alpha value is -2.73. The van der Waals surface area contributed by atoms with Crippen LogP contribution in [0.1, 0.15) is 34.7 Å². The summed E-state index contributed by atoms with van der Waals surface area (Å²) in [6, 6.07) is 12.5. The summed E-state index contributed by atoms with van der Waals surface area (Å²) in [5.41, 5.74) is 7.73. The van der Waals surface area contributed by atoms with Crippen molar-refractivity contribution in [3.8, 4) is 5.69 Å². The number of nitrogens with zero attached hydrogens (tertiary/aromatic N) is 2. The summed E-state index contributed by atoms with van der Waals surface area (Å²) in [7, 11) is 0. The number of carbonyl (C=O) groups excluding carboxylic acids is 1. The fourth-order valence-electron chi connectivity index (χ4n) is 3.47. The topological polar surface area (TPSA) is 72.9 Å². The number of aromatic nitrogens is 2. The van der Waals surface area contributed by atoms with Crippen LogP contribution in [0.15, 0.2) is 42.5 Å². The van der Waals surface area contributed by atoms with E-state index < -0.39 is 11.9 Å². The number of nitrogens with one attached hydrogen (secondary N) is 1. The molecule has 0 radical (unpaired) electrons. The smallest absolute Gasteiger partial charge is 0.250 e. The third-order valence-corrected chi connectivity index (χ3v) is 4.82. The van der Waals surface area contributed by atoms with E-state index in [1.807, 2.05) is 24.3 Å². The average molecular weight is 338 g/mol. The second-order valence-corrected chi connectivity index (χ2v) is 6.40. The molecule has 1 atom stereocenters. The standard InChI is InChI=1S/C19H19FN4O/c20-18-15-4-1-5-16(19(21)25)17(15)23-24(18)14-8-6-12(7-9-14)13-3-2-10-22-11-13/h1,4-9,13,22H,2-3,10-11H2,(H2,21,25). The maximum absolute atomic E-state index is 14.8. The van der Waals surface area contributed by atoms with Crippen molar-refractivity contribution in [1.82, 2.24) is 15.1 Å². The molecule has 0 bridgehead atoms. The van der Waals surface area contributed by atoms with Crippen LogP contribution in [-0.4, -0.2) is 28.8 Å². The summed E-state index contributed by atoms with van der Waals surface area (Å²) in [5.74, 6) is -0.619. The Morgan fingerprint density at radius 2 is 2.04 bits per heavy atom. The molecule has 0 saturated carbocycles. The average Bonchev–Trinajstić information content (AvgIpc) is 2.99. The molecule has 2 heterocycles. The molecule has 1 unspecified atom stereocenters. The van der Waals surface area contributed by atoms with Crippen molar-refractivity contribution >= 4 is 16.8 Å². The first-order valence-electron chi connectivity index (χ1n) is 8.43. The number of nitrogens with two attached hydrogens (primary N) is 1. The highest BCUT2D eigenvalue weighted by atomic mass is 19.1. The molecule has 1 saturated heterocycles. The minimum Gasteiger partial charge on any atom is -0.366 e. The zero-order chi connectivity index (χ0) is 17.4. The second kappa shape index (κ2) is 6.29. The van der Waals surface area contributed by atoms with Gasteiger partial charge in [0.2, 0.25) is 5.95 Å². The Morgan fingerprint density at radius 3 is 2.72 bits per heavy atom. The molecule has 1 amide bonds. The predicted molar refractivity (Wildman–Crippen MR) is 94.4 cm³/mol. The third-order valence-electron chi connectivity index (χ3n) is 4.82. The summed E-state index contributed by atoms with van der Waals surface area (Å²) in [6.45, 7) is 2.04. The van der Waals surface area contributed by atoms with Gasteiger partial charge in [0.25, 0.3) is 5.91 Å². The fraction of sp³-hybridized carbons (Fsp3) is 0.263. The van der Waals surface area contributed by atoms with Gasteiger partial charge in [-0.15, -0.1) is 0 Å². The van der Waals surface area contributed by atoms with Gasteiger partial charge in [0.15, 0.2) is 0 Å². The van der Waals surface area contributed by atoms with Gasteiger partial charge in [0, 0.05) is 6.54 Å². The lowest BCUT2D eigenvalue weighted by atomic mass is 9.92. The van der Waals surface area contributed by atoms with Crippen LogP contribution in [0.3, 0.4) is 0 Å². The number of benzene rings is 2. The van der Waals surface area contributed by atoms with Crippen LogP contribution >= 0.6 is 0 Å². The predicted octanol–water partition coefficient (Wildman–Crippen LogP) is 2.73. The van der Waals surface area contributed by atoms with Crippen LogP contribution in [0.4, 0.5) is 4.39 Å². The second-order valence-electron chi connectivity index (χ2n) is 6.40. The molecule has 3 N–H and O–H groups in total. The molecule has 0 aliphatic carbocycles. The quantitative estimate of drug-likeness (QED) is 0.771. The zero-order valence-electron chi connectivity index (χ0n) is 13.7. The lowest BCUT2D eigenvalue weighted by molar-refractivity contribution is 0.100. The van der Waals surface area contributed by atoms with Crippen LogP contribution in [-0.2, 0) is 0 Å². The van der Waals surface area contributed by atoms with E-state index in [2.05, 4.69) is 10.4 Å². The van der Waals surface area contributed by atoms with Crippen molar-refractivity contribution in [1.29, 1.82) is 0 Å². The van der Waals surface area contributed by atoms with Gasteiger partial charge < -0.3 is 11.1 Å². The minimum absolute atomic E-state index is 0.222. The van der Waals surface area contributed by atoms with Gasteiger partial charge in [0.1, 0.15) is 5.52 Å². The first-order chi connectivity index (χ1) is 12.1. The van der Waals surface area contributed by atoms with Crippen molar-refractivity contribution in [2.75, 3.05) is 13.1 Å². The normalized spacial score (nSPS) is 17.7. The molecule has 2 aromatic carbocycles. The van der Waals surface area contributed by atoms with Gasteiger partial charge in [-0.3, -0.25) is 4.79 Å². The van der Waals surface area contributed by atoms with E-state index in [9.17, 15) is 9.18 Å². The van der Waals surface area contributed by atoms with Crippen molar-refractivity contribution in [2.24, 2.45) is 5.73 Å². The lowest BCUT2D eigenvalue weighted by Crippen LogP contribution is -2.28. The maximum atomic E-state index is 14.8. The molecule has 25 heavy (non-hydrogen) atoms. The largest absolute Gasteiger partial charge is 0.366 e. The number of hydrogen-bond acceptors (Lipinski definition) is 3. The molecule has 4 rings (SSSR count). The number of primary amides is 1. The van der Waals surface area contributed by atoms with E-state index in [-0.39, 0.29) is 16.5 Å². The first kappa shape index (κ1) is 15.8. The van der Waals surface area contributed by atoms with Gasteiger partial charge in [0.05, 0.1) is 16.6 Å². The number of fused-ring (bicyclic) bond motifs is 1. The van der Waals surface area contributed by atoms with Gasteiger partial charge in [-0.2, -0.15) is 9.49 Å². The molecule has 0 spiro atoms. The molecule has 6 heteroatoms. The number of rotatable bonds is 3. The summed E-state index contributed by atoms with van der Waals surface area (Å²) < 4.78 is 16.0. The Morgan fingerprint density at radius 1 is 1.24 bits per heavy atom. The van der Waals surface area contributed by atoms with Crippen molar-refractivity contribution in [3.63, 3.8) is 0 Å². The molecule has 1 aliphatic rings. The number of halogens is 1. The van der Waals surface area contributed by atoms with E-state index in [1.165, 1.54) is 16.7 Å². The number of carbonyl (C=O) groups is 1. The van der Waals surface area contributed by atoms with Gasteiger partial charge >= 0.3 is 0 Å². The number of piperidine rings is 1. The number of hydrogen-bond donors (Lipinski definition) is 2. The first-order valence-corrected chi connectivity index (χ1v) is 8.43. The maximum Gasteiger partial charge on any atom is 0.250 e. The highest BCUT2D eigenvalue weighted by Gasteiger charge is 2.18. The summed E-state index contributed by atoms with van der Waals surface area (Å²) in [6.07, 6.45) is 2.33. The summed E-state index contributed by atoms with van der Waals surface area (Å²) in [5, 5.41) is 7.97. The molecule has 128 valence electrons. The van der Waals surface area contributed by atoms with Gasteiger partial charge in [-0.25, -0.2) is 4.68 Å². The molecule has 1 aliphatic heterocycles. The summed E-state index contributed by atoms with van der Waals surface area (Å²) in [4.78, 5) is 11.5. The Bertz CT molecular complexity index is 926. The molecule has 1 aromatic heterocycles.